The molecule has 1 saturated heterocycles. The molecule has 15 heteroatoms. The van der Waals surface area contributed by atoms with Crippen LogP contribution < -0.4 is 16.6 Å². The first-order valence-corrected chi connectivity index (χ1v) is 20.0. The average Bonchev–Trinajstić information content (AvgIpc) is 3.50. The SMILES string of the molecule is Cc1cc(-n2c(NC(=O)OCc3ccccc3)nc3c(c2=O)CCN(C(=O)c2cc4cc(C5CCOCC5)ccc4n2[C@@]2(c4noc(=O)[nH]4)C[C@H]2C)[C@H]3C)cc(C)c1F. The highest BCUT2D eigenvalue weighted by molar-refractivity contribution is 6.00. The number of amides is 2. The van der Waals surface area contributed by atoms with Crippen LogP contribution in [-0.4, -0.2) is 60.9 Å². The van der Waals surface area contributed by atoms with Gasteiger partial charge >= 0.3 is 11.8 Å². The van der Waals surface area contributed by atoms with E-state index in [1.807, 2.05) is 54.0 Å². The van der Waals surface area contributed by atoms with Gasteiger partial charge in [-0.3, -0.25) is 24.4 Å². The largest absolute Gasteiger partial charge is 0.444 e. The maximum Gasteiger partial charge on any atom is 0.438 e. The van der Waals surface area contributed by atoms with E-state index >= 15 is 4.79 Å². The van der Waals surface area contributed by atoms with Crippen LogP contribution in [0.2, 0.25) is 0 Å². The van der Waals surface area contributed by atoms with Gasteiger partial charge in [-0.1, -0.05) is 48.5 Å². The van der Waals surface area contributed by atoms with E-state index in [4.69, 9.17) is 19.0 Å². The first kappa shape index (κ1) is 38.2. The number of anilines is 1. The lowest BCUT2D eigenvalue weighted by Crippen LogP contribution is -2.44. The number of H-pyrrole nitrogens is 1. The molecular weight excluding hydrogens is 758 g/mol. The van der Waals surface area contributed by atoms with Crippen molar-refractivity contribution in [1.82, 2.24) is 29.2 Å². The average molecular weight is 802 g/mol. The summed E-state index contributed by atoms with van der Waals surface area (Å²) in [5, 5.41) is 7.66. The third-order valence-electron chi connectivity index (χ3n) is 12.3. The van der Waals surface area contributed by atoms with Crippen molar-refractivity contribution in [3.8, 4) is 5.69 Å². The number of aromatic nitrogens is 5. The predicted molar refractivity (Wildman–Crippen MR) is 215 cm³/mol. The molecule has 3 aromatic carbocycles. The van der Waals surface area contributed by atoms with Gasteiger partial charge in [0.25, 0.3) is 11.5 Å². The van der Waals surface area contributed by atoms with Crippen LogP contribution in [0.15, 0.2) is 80.8 Å². The van der Waals surface area contributed by atoms with Crippen LogP contribution in [0.25, 0.3) is 16.6 Å². The lowest BCUT2D eigenvalue weighted by molar-refractivity contribution is 0.0658. The summed E-state index contributed by atoms with van der Waals surface area (Å²) in [5.41, 5.74) is 3.50. The third kappa shape index (κ3) is 6.62. The van der Waals surface area contributed by atoms with Gasteiger partial charge in [-0.2, -0.15) is 0 Å². The molecule has 6 aromatic rings. The highest BCUT2D eigenvalue weighted by Gasteiger charge is 2.59. The predicted octanol–water partition coefficient (Wildman–Crippen LogP) is 6.81. The van der Waals surface area contributed by atoms with E-state index < -0.39 is 34.8 Å². The molecule has 2 amide bonds. The van der Waals surface area contributed by atoms with Gasteiger partial charge < -0.3 is 18.9 Å². The molecule has 0 spiro atoms. The molecule has 0 radical (unpaired) electrons. The monoisotopic (exact) mass is 801 g/mol. The van der Waals surface area contributed by atoms with Crippen molar-refractivity contribution in [2.24, 2.45) is 5.92 Å². The second kappa shape index (κ2) is 14.8. The molecule has 1 saturated carbocycles. The minimum absolute atomic E-state index is 0.00854. The highest BCUT2D eigenvalue weighted by atomic mass is 19.1. The van der Waals surface area contributed by atoms with Crippen LogP contribution in [0, 0.1) is 25.6 Å². The van der Waals surface area contributed by atoms with E-state index in [2.05, 4.69) is 27.6 Å². The molecule has 0 unspecified atom stereocenters. The second-order valence-electron chi connectivity index (χ2n) is 16.0. The first-order valence-electron chi connectivity index (χ1n) is 20.0. The molecule has 304 valence electrons. The number of aromatic amines is 1. The zero-order chi connectivity index (χ0) is 41.2. The lowest BCUT2D eigenvalue weighted by Gasteiger charge is -2.35. The number of halogens is 1. The molecule has 5 heterocycles. The topological polar surface area (TPSA) is 167 Å². The Morgan fingerprint density at radius 3 is 2.42 bits per heavy atom. The minimum atomic E-state index is -0.846. The molecule has 3 atom stereocenters. The van der Waals surface area contributed by atoms with Crippen molar-refractivity contribution in [3.05, 3.63) is 138 Å². The number of rotatable bonds is 8. The molecule has 2 fully saturated rings. The van der Waals surface area contributed by atoms with Gasteiger partial charge in [-0.15, -0.1) is 0 Å². The summed E-state index contributed by atoms with van der Waals surface area (Å²) in [6.45, 7) is 8.60. The fraction of sp³-hybridized carbons (Fsp3) is 0.364. The van der Waals surface area contributed by atoms with Gasteiger partial charge in [0.05, 0.1) is 17.4 Å². The Morgan fingerprint density at radius 1 is 1.02 bits per heavy atom. The molecule has 3 aliphatic rings. The third-order valence-corrected chi connectivity index (χ3v) is 12.3. The van der Waals surface area contributed by atoms with Crippen molar-refractivity contribution in [2.75, 3.05) is 25.1 Å². The Morgan fingerprint density at radius 2 is 1.75 bits per heavy atom. The van der Waals surface area contributed by atoms with Gasteiger partial charge in [0.15, 0.2) is 5.82 Å². The fourth-order valence-corrected chi connectivity index (χ4v) is 9.06. The first-order chi connectivity index (χ1) is 28.4. The second-order valence-corrected chi connectivity index (χ2v) is 16.0. The maximum atomic E-state index is 15.1. The van der Waals surface area contributed by atoms with Gasteiger partial charge in [0.1, 0.15) is 23.7 Å². The van der Waals surface area contributed by atoms with E-state index in [1.54, 1.807) is 25.7 Å². The lowest BCUT2D eigenvalue weighted by atomic mass is 9.91. The molecule has 2 N–H and O–H groups in total. The van der Waals surface area contributed by atoms with E-state index in [9.17, 15) is 18.8 Å². The number of nitrogens with zero attached hydrogens (tertiary/aromatic N) is 5. The number of carbonyl (C=O) groups excluding carboxylic acids is 2. The number of ether oxygens (including phenoxy) is 2. The number of fused-ring (bicyclic) bond motifs is 2. The van der Waals surface area contributed by atoms with Crippen LogP contribution in [-0.2, 0) is 28.0 Å². The van der Waals surface area contributed by atoms with Crippen LogP contribution >= 0.6 is 0 Å². The number of carbonyl (C=O) groups is 2. The summed E-state index contributed by atoms with van der Waals surface area (Å²) < 4.78 is 34.2. The summed E-state index contributed by atoms with van der Waals surface area (Å²) in [4.78, 5) is 64.6. The number of aryl methyl sites for hydroxylation is 2. The molecule has 2 aliphatic heterocycles. The quantitative estimate of drug-likeness (QED) is 0.168. The molecular formula is C44H44FN7O7. The zero-order valence-electron chi connectivity index (χ0n) is 33.2. The standard InChI is InChI=1S/C44H44FN7O7/c1-24-18-32(19-25(2)36(24)45)51-38(53)33-12-15-50(27(4)37(33)46-41(51)48-42(55)58-23-28-8-6-5-7-9-28)39(54)35-21-31-20-30(29-13-16-57-17-14-29)10-11-34(31)52(35)44(22-26(44)3)40-47-43(56)59-49-40/h5-11,18-21,26-27,29H,12-17,22-23H2,1-4H3,(H,46,48,55)(H,47,49,56)/t26-,27+,44+/m1/s1. The number of benzene rings is 3. The van der Waals surface area contributed by atoms with Crippen molar-refractivity contribution in [3.63, 3.8) is 0 Å². The summed E-state index contributed by atoms with van der Waals surface area (Å²) >= 11 is 0. The van der Waals surface area contributed by atoms with Crippen molar-refractivity contribution < 1.29 is 28.0 Å². The Kier molecular flexibility index (Phi) is 9.57. The molecule has 59 heavy (non-hydrogen) atoms. The van der Waals surface area contributed by atoms with Gasteiger partial charge in [-0.25, -0.2) is 23.5 Å². The number of hydrogen-bond acceptors (Lipinski definition) is 9. The van der Waals surface area contributed by atoms with E-state index in [-0.39, 0.29) is 37.3 Å². The van der Waals surface area contributed by atoms with Gasteiger partial charge in [-0.05, 0) is 111 Å². The highest BCUT2D eigenvalue weighted by Crippen LogP contribution is 2.56. The van der Waals surface area contributed by atoms with Crippen LogP contribution in [0.4, 0.5) is 15.1 Å². The Hall–Kier alpha value is -6.35. The smallest absolute Gasteiger partial charge is 0.438 e. The normalized spacial score (nSPS) is 20.4. The van der Waals surface area contributed by atoms with Gasteiger partial charge in [0, 0.05) is 36.2 Å². The van der Waals surface area contributed by atoms with Crippen molar-refractivity contribution in [1.29, 1.82) is 0 Å². The van der Waals surface area contributed by atoms with Crippen LogP contribution in [0.1, 0.15) is 94.9 Å². The maximum absolute atomic E-state index is 15.1. The van der Waals surface area contributed by atoms with Crippen LogP contribution in [0.5, 0.6) is 0 Å². The molecule has 9 rings (SSSR count). The Bertz CT molecular complexity index is 2730. The summed E-state index contributed by atoms with van der Waals surface area (Å²) in [6, 6.07) is 19.7. The zero-order valence-corrected chi connectivity index (χ0v) is 33.2. The molecule has 3 aromatic heterocycles. The van der Waals surface area contributed by atoms with E-state index in [0.717, 1.165) is 29.3 Å². The summed E-state index contributed by atoms with van der Waals surface area (Å²) in [7, 11) is 0. The Balaban J connectivity index is 1.12. The molecule has 14 nitrogen and oxygen atoms in total. The summed E-state index contributed by atoms with van der Waals surface area (Å²) in [6.07, 6.45) is 1.74. The van der Waals surface area contributed by atoms with Crippen molar-refractivity contribution >= 4 is 28.9 Å². The van der Waals surface area contributed by atoms with E-state index in [1.165, 1.54) is 22.3 Å². The fourth-order valence-electron chi connectivity index (χ4n) is 9.06. The minimum Gasteiger partial charge on any atom is -0.444 e. The van der Waals surface area contributed by atoms with Crippen LogP contribution in [0.3, 0.4) is 0 Å². The van der Waals surface area contributed by atoms with Crippen molar-refractivity contribution in [2.45, 2.75) is 77.5 Å². The Labute approximate surface area is 337 Å². The summed E-state index contributed by atoms with van der Waals surface area (Å²) in [5.74, 6) is -0.836. The van der Waals surface area contributed by atoms with Gasteiger partial charge in [0.2, 0.25) is 5.95 Å². The number of nitrogens with one attached hydrogen (secondary N) is 2. The number of hydrogen-bond donors (Lipinski definition) is 2. The van der Waals surface area contributed by atoms with E-state index in [0.29, 0.717) is 65.1 Å². The molecule has 0 bridgehead atoms. The molecule has 1 aliphatic carbocycles.